The van der Waals surface area contributed by atoms with Crippen LogP contribution in [0.4, 0.5) is 0 Å². The fourth-order valence-corrected chi connectivity index (χ4v) is 2.77. The number of ketones is 1. The van der Waals surface area contributed by atoms with Crippen LogP contribution in [-0.4, -0.2) is 30.9 Å². The number of hydrogen-bond donors (Lipinski definition) is 1. The van der Waals surface area contributed by atoms with Crippen molar-refractivity contribution < 1.29 is 23.9 Å². The number of methoxy groups -OCH3 is 1. The monoisotopic (exact) mass is 397 g/mol. The molecule has 0 radical (unpaired) electrons. The topological polar surface area (TPSA) is 81.7 Å². The Morgan fingerprint density at radius 1 is 1.00 bits per heavy atom. The van der Waals surface area contributed by atoms with Crippen LogP contribution in [-0.2, 0) is 20.9 Å². The van der Waals surface area contributed by atoms with Crippen molar-refractivity contribution >= 4 is 17.7 Å². The molecule has 6 heteroatoms. The van der Waals surface area contributed by atoms with Crippen molar-refractivity contribution in [3.05, 3.63) is 64.7 Å². The summed E-state index contributed by atoms with van der Waals surface area (Å²) in [6, 6.07) is 12.9. The maximum atomic E-state index is 12.4. The van der Waals surface area contributed by atoms with Gasteiger partial charge in [0.1, 0.15) is 5.75 Å². The van der Waals surface area contributed by atoms with Gasteiger partial charge in [0, 0.05) is 18.5 Å². The number of carbonyl (C=O) groups excluding carboxylic acids is 3. The molecule has 29 heavy (non-hydrogen) atoms. The van der Waals surface area contributed by atoms with Crippen molar-refractivity contribution in [1.29, 1.82) is 0 Å². The van der Waals surface area contributed by atoms with Crippen LogP contribution < -0.4 is 10.1 Å². The Labute approximate surface area is 171 Å². The summed E-state index contributed by atoms with van der Waals surface area (Å²) in [6.45, 7) is 5.60. The molecule has 0 aliphatic heterocycles. The molecule has 154 valence electrons. The molecule has 0 aliphatic carbocycles. The van der Waals surface area contributed by atoms with Crippen molar-refractivity contribution in [3.63, 3.8) is 0 Å². The number of benzene rings is 2. The summed E-state index contributed by atoms with van der Waals surface area (Å²) in [7, 11) is 1.59. The van der Waals surface area contributed by atoms with Gasteiger partial charge in [0.15, 0.2) is 11.9 Å². The van der Waals surface area contributed by atoms with Crippen molar-refractivity contribution in [3.8, 4) is 5.75 Å². The highest BCUT2D eigenvalue weighted by molar-refractivity contribution is 5.99. The van der Waals surface area contributed by atoms with Crippen molar-refractivity contribution in [2.45, 2.75) is 46.3 Å². The second-order valence-electron chi connectivity index (χ2n) is 6.94. The van der Waals surface area contributed by atoms with Crippen molar-refractivity contribution in [1.82, 2.24) is 5.32 Å². The number of hydrogen-bond acceptors (Lipinski definition) is 5. The van der Waals surface area contributed by atoms with Gasteiger partial charge in [0.25, 0.3) is 5.91 Å². The minimum Gasteiger partial charge on any atom is -0.497 e. The van der Waals surface area contributed by atoms with E-state index < -0.39 is 18.0 Å². The summed E-state index contributed by atoms with van der Waals surface area (Å²) in [5.74, 6) is -0.344. The summed E-state index contributed by atoms with van der Waals surface area (Å²) >= 11 is 0. The van der Waals surface area contributed by atoms with Crippen LogP contribution >= 0.6 is 0 Å². The first kappa shape index (κ1) is 22.1. The Morgan fingerprint density at radius 2 is 1.69 bits per heavy atom. The molecule has 1 N–H and O–H groups in total. The predicted octanol–water partition coefficient (Wildman–Crippen LogP) is 3.52. The van der Waals surface area contributed by atoms with Crippen LogP contribution in [0.1, 0.15) is 46.8 Å². The molecule has 0 saturated heterocycles. The van der Waals surface area contributed by atoms with E-state index in [1.165, 1.54) is 6.92 Å². The van der Waals surface area contributed by atoms with E-state index in [2.05, 4.69) is 5.32 Å². The third-order valence-electron chi connectivity index (χ3n) is 4.55. The van der Waals surface area contributed by atoms with Gasteiger partial charge in [-0.25, -0.2) is 0 Å². The van der Waals surface area contributed by atoms with E-state index in [0.717, 1.165) is 22.4 Å². The minimum absolute atomic E-state index is 0.0450. The van der Waals surface area contributed by atoms with Gasteiger partial charge in [-0.2, -0.15) is 0 Å². The SMILES string of the molecule is COc1ccc(CNC(=O)[C@H](C)OC(=O)CCC(=O)c2cc(C)ccc2C)cc1. The highest BCUT2D eigenvalue weighted by Crippen LogP contribution is 2.14. The summed E-state index contributed by atoms with van der Waals surface area (Å²) in [5, 5.41) is 2.72. The maximum absolute atomic E-state index is 12.4. The molecule has 0 spiro atoms. The van der Waals surface area contributed by atoms with Crippen LogP contribution in [0.3, 0.4) is 0 Å². The van der Waals surface area contributed by atoms with E-state index in [1.807, 2.05) is 44.2 Å². The van der Waals surface area contributed by atoms with E-state index >= 15 is 0 Å². The molecule has 0 aromatic heterocycles. The zero-order valence-electron chi connectivity index (χ0n) is 17.3. The third kappa shape index (κ3) is 6.75. The lowest BCUT2D eigenvalue weighted by Crippen LogP contribution is -2.35. The lowest BCUT2D eigenvalue weighted by atomic mass is 9.99. The Hall–Kier alpha value is -3.15. The lowest BCUT2D eigenvalue weighted by Gasteiger charge is -2.14. The van der Waals surface area contributed by atoms with Gasteiger partial charge in [-0.3, -0.25) is 14.4 Å². The smallest absolute Gasteiger partial charge is 0.307 e. The first-order chi connectivity index (χ1) is 13.8. The first-order valence-corrected chi connectivity index (χ1v) is 9.50. The average molecular weight is 397 g/mol. The van der Waals surface area contributed by atoms with Gasteiger partial charge in [-0.15, -0.1) is 0 Å². The molecular formula is C23H27NO5. The standard InChI is InChI=1S/C23H27NO5/c1-15-5-6-16(2)20(13-15)21(25)11-12-22(26)29-17(3)23(27)24-14-18-7-9-19(28-4)10-8-18/h5-10,13,17H,11-12,14H2,1-4H3,(H,24,27)/t17-/m0/s1. The zero-order chi connectivity index (χ0) is 21.4. The number of nitrogens with one attached hydrogen (secondary N) is 1. The molecule has 0 aliphatic rings. The molecule has 6 nitrogen and oxygen atoms in total. The summed E-state index contributed by atoms with van der Waals surface area (Å²) in [4.78, 5) is 36.5. The van der Waals surface area contributed by atoms with Gasteiger partial charge >= 0.3 is 5.97 Å². The molecule has 1 atom stereocenters. The summed E-state index contributed by atoms with van der Waals surface area (Å²) in [5.41, 5.74) is 3.38. The normalized spacial score (nSPS) is 11.4. The molecular weight excluding hydrogens is 370 g/mol. The molecule has 2 rings (SSSR count). The zero-order valence-corrected chi connectivity index (χ0v) is 17.3. The highest BCUT2D eigenvalue weighted by atomic mass is 16.5. The van der Waals surface area contributed by atoms with Crippen LogP contribution in [0, 0.1) is 13.8 Å². The van der Waals surface area contributed by atoms with Gasteiger partial charge in [-0.05, 0) is 50.1 Å². The van der Waals surface area contributed by atoms with E-state index in [-0.39, 0.29) is 18.6 Å². The van der Waals surface area contributed by atoms with Crippen molar-refractivity contribution in [2.24, 2.45) is 0 Å². The molecule has 0 fully saturated rings. The van der Waals surface area contributed by atoms with E-state index in [1.54, 1.807) is 19.2 Å². The lowest BCUT2D eigenvalue weighted by molar-refractivity contribution is -0.154. The molecule has 0 unspecified atom stereocenters. The van der Waals surface area contributed by atoms with E-state index in [9.17, 15) is 14.4 Å². The minimum atomic E-state index is -0.934. The molecule has 0 saturated carbocycles. The maximum Gasteiger partial charge on any atom is 0.307 e. The number of amides is 1. The fourth-order valence-electron chi connectivity index (χ4n) is 2.77. The van der Waals surface area contributed by atoms with Crippen LogP contribution in [0.5, 0.6) is 5.75 Å². The summed E-state index contributed by atoms with van der Waals surface area (Å²) < 4.78 is 10.2. The second kappa shape index (κ2) is 10.4. The summed E-state index contributed by atoms with van der Waals surface area (Å²) in [6.07, 6.45) is -0.956. The predicted molar refractivity (Wildman–Crippen MR) is 110 cm³/mol. The average Bonchev–Trinajstić information content (AvgIpc) is 2.72. The Morgan fingerprint density at radius 3 is 2.34 bits per heavy atom. The number of esters is 1. The molecule has 0 heterocycles. The Kier molecular flexibility index (Phi) is 7.95. The number of carbonyl (C=O) groups is 3. The van der Waals surface area contributed by atoms with Gasteiger partial charge in [0.05, 0.1) is 13.5 Å². The van der Waals surface area contributed by atoms with E-state index in [0.29, 0.717) is 12.1 Å². The van der Waals surface area contributed by atoms with Crippen LogP contribution in [0.15, 0.2) is 42.5 Å². The number of rotatable bonds is 9. The van der Waals surface area contributed by atoms with Crippen molar-refractivity contribution in [2.75, 3.05) is 7.11 Å². The van der Waals surface area contributed by atoms with E-state index in [4.69, 9.17) is 9.47 Å². The molecule has 2 aromatic rings. The van der Waals surface area contributed by atoms with Gasteiger partial charge in [0.2, 0.25) is 0 Å². The van der Waals surface area contributed by atoms with Crippen LogP contribution in [0.2, 0.25) is 0 Å². The Balaban J connectivity index is 1.77. The molecule has 1 amide bonds. The molecule has 0 bridgehead atoms. The van der Waals surface area contributed by atoms with Gasteiger partial charge in [-0.1, -0.05) is 29.8 Å². The largest absolute Gasteiger partial charge is 0.497 e. The quantitative estimate of drug-likeness (QED) is 0.517. The fraction of sp³-hybridized carbons (Fsp3) is 0.348. The second-order valence-corrected chi connectivity index (χ2v) is 6.94. The number of Topliss-reactive ketones (excluding diaryl/α,β-unsaturated/α-hetero) is 1. The highest BCUT2D eigenvalue weighted by Gasteiger charge is 2.19. The van der Waals surface area contributed by atoms with Gasteiger partial charge < -0.3 is 14.8 Å². The third-order valence-corrected chi connectivity index (χ3v) is 4.55. The molecule has 2 aromatic carbocycles. The van der Waals surface area contributed by atoms with Crippen LogP contribution in [0.25, 0.3) is 0 Å². The first-order valence-electron chi connectivity index (χ1n) is 9.50. The Bertz CT molecular complexity index is 873. The number of ether oxygens (including phenoxy) is 2. The number of aryl methyl sites for hydroxylation is 2.